The number of carbonyl (C=O) groups excluding carboxylic acids is 1. The molecule has 0 atom stereocenters. The van der Waals surface area contributed by atoms with Crippen molar-refractivity contribution in [1.82, 2.24) is 4.92 Å². The Hall–Kier alpha value is -0.705. The van der Waals surface area contributed by atoms with Gasteiger partial charge in [0.25, 0.3) is 7.98 Å². The summed E-state index contributed by atoms with van der Waals surface area (Å²) in [4.78, 5) is 11.0. The lowest BCUT2D eigenvalue weighted by atomic mass is 10.2. The number of rotatable bonds is 0. The van der Waals surface area contributed by atoms with E-state index in [1.807, 2.05) is 0 Å². The van der Waals surface area contributed by atoms with Gasteiger partial charge in [-0.2, -0.15) is 0 Å². The van der Waals surface area contributed by atoms with Gasteiger partial charge in [-0.15, -0.1) is 0 Å². The van der Waals surface area contributed by atoms with Crippen molar-refractivity contribution in [3.05, 3.63) is 0 Å². The zero-order valence-corrected chi connectivity index (χ0v) is 6.42. The van der Waals surface area contributed by atoms with E-state index in [9.17, 15) is 4.79 Å². The van der Waals surface area contributed by atoms with Gasteiger partial charge in [-0.3, -0.25) is 5.84 Å². The quantitative estimate of drug-likeness (QED) is 0.227. The molecule has 2 N–H and O–H groups in total. The Kier molecular flexibility index (Phi) is 2.71. The van der Waals surface area contributed by atoms with E-state index in [4.69, 9.17) is 18.6 Å². The van der Waals surface area contributed by atoms with Crippen LogP contribution in [0.4, 0.5) is 4.79 Å². The minimum atomic E-state index is -0.743. The molecule has 0 rings (SSSR count). The number of hydrogen-bond acceptors (Lipinski definition) is 3. The van der Waals surface area contributed by atoms with E-state index in [2.05, 4.69) is 0 Å². The van der Waals surface area contributed by atoms with Gasteiger partial charge in [0.1, 0.15) is 5.60 Å². The Morgan fingerprint density at radius 1 is 1.60 bits per heavy atom. The molecule has 56 valence electrons. The van der Waals surface area contributed by atoms with Crippen LogP contribution in [0.15, 0.2) is 0 Å². The van der Waals surface area contributed by atoms with Crippen LogP contribution in [0.3, 0.4) is 0 Å². The highest BCUT2D eigenvalue weighted by Crippen LogP contribution is 2.07. The van der Waals surface area contributed by atoms with Gasteiger partial charge in [0.2, 0.25) is 0 Å². The Balaban J connectivity index is 3.81. The zero-order chi connectivity index (χ0) is 8.36. The third-order valence-corrected chi connectivity index (χ3v) is 0.604. The maximum absolute atomic E-state index is 10.6. The highest BCUT2D eigenvalue weighted by Gasteiger charge is 2.16. The Bertz CT molecular complexity index is 130. The van der Waals surface area contributed by atoms with Crippen LogP contribution >= 0.6 is 0 Å². The predicted molar refractivity (Wildman–Crippen MR) is 38.0 cm³/mol. The molecule has 0 unspecified atom stereocenters. The second-order valence-electron chi connectivity index (χ2n) is 2.89. The molecule has 0 fully saturated rings. The van der Waals surface area contributed by atoms with Crippen LogP contribution < -0.4 is 5.84 Å². The topological polar surface area (TPSA) is 55.6 Å². The molecule has 0 aliphatic rings. The summed E-state index contributed by atoms with van der Waals surface area (Å²) in [5.41, 5.74) is -0.548. The smallest absolute Gasteiger partial charge is 0.410 e. The fourth-order valence-electron chi connectivity index (χ4n) is 0.315. The number of nitrogens with two attached hydrogens (primary N) is 1. The second-order valence-corrected chi connectivity index (χ2v) is 2.89. The number of ether oxygens (including phenoxy) is 1. The maximum Gasteiger partial charge on any atom is 0.410 e. The third kappa shape index (κ3) is 4.20. The predicted octanol–water partition coefficient (Wildman–Crippen LogP) is 0.181. The molecule has 5 heteroatoms. The summed E-state index contributed by atoms with van der Waals surface area (Å²) in [5, 5.41) is 0. The molecule has 2 radical (unpaired) electrons. The molecule has 0 saturated carbocycles. The average Bonchev–Trinajstić information content (AvgIpc) is 1.60. The normalized spacial score (nSPS) is 10.8. The molecule has 0 spiro atoms. The van der Waals surface area contributed by atoms with Crippen molar-refractivity contribution in [1.29, 1.82) is 0 Å². The summed E-state index contributed by atoms with van der Waals surface area (Å²) < 4.78 is 4.74. The Morgan fingerprint density at radius 3 is 2.10 bits per heavy atom. The molecule has 0 aliphatic heterocycles. The molecule has 0 heterocycles. The van der Waals surface area contributed by atoms with Crippen LogP contribution in [0, 0.1) is 0 Å². The first-order valence-corrected chi connectivity index (χ1v) is 2.85. The fourth-order valence-corrected chi connectivity index (χ4v) is 0.315. The molecule has 0 aliphatic carbocycles. The standard InChI is InChI=1S/C5H11BN2O2/c1-5(2,3)10-4(9)8(6)7/h7H2,1-3H3. The van der Waals surface area contributed by atoms with Crippen molar-refractivity contribution < 1.29 is 9.53 Å². The van der Waals surface area contributed by atoms with E-state index in [0.29, 0.717) is 4.92 Å². The first kappa shape index (κ1) is 9.29. The molecular formula is C5H11BN2O2. The lowest BCUT2D eigenvalue weighted by Crippen LogP contribution is -2.39. The molecule has 10 heavy (non-hydrogen) atoms. The third-order valence-electron chi connectivity index (χ3n) is 0.604. The number of carbonyl (C=O) groups is 1. The molecule has 0 bridgehead atoms. The van der Waals surface area contributed by atoms with Crippen molar-refractivity contribution in [3.8, 4) is 0 Å². The van der Waals surface area contributed by atoms with Gasteiger partial charge >= 0.3 is 6.09 Å². The SMILES string of the molecule is [B]N(N)C(=O)OC(C)(C)C. The van der Waals surface area contributed by atoms with Gasteiger partial charge in [0.15, 0.2) is 0 Å². The maximum atomic E-state index is 10.6. The first-order valence-electron chi connectivity index (χ1n) is 2.85. The largest absolute Gasteiger partial charge is 0.444 e. The van der Waals surface area contributed by atoms with Crippen LogP contribution in [0.1, 0.15) is 20.8 Å². The molecule has 0 aromatic carbocycles. The lowest BCUT2D eigenvalue weighted by Gasteiger charge is -2.22. The summed E-state index contributed by atoms with van der Waals surface area (Å²) in [7, 11) is 4.88. The van der Waals surface area contributed by atoms with Crippen molar-refractivity contribution in [3.63, 3.8) is 0 Å². The lowest BCUT2D eigenvalue weighted by molar-refractivity contribution is 0.0391. The zero-order valence-electron chi connectivity index (χ0n) is 6.42. The van der Waals surface area contributed by atoms with Gasteiger partial charge in [0.05, 0.1) is 0 Å². The van der Waals surface area contributed by atoms with Crippen molar-refractivity contribution >= 4 is 14.1 Å². The molecular weight excluding hydrogens is 131 g/mol. The number of amides is 1. The van der Waals surface area contributed by atoms with Crippen molar-refractivity contribution in [2.75, 3.05) is 0 Å². The van der Waals surface area contributed by atoms with E-state index in [1.165, 1.54) is 0 Å². The van der Waals surface area contributed by atoms with Gasteiger partial charge in [-0.25, -0.2) is 4.79 Å². The number of hydrazine groups is 1. The number of nitrogens with zero attached hydrogens (tertiary/aromatic N) is 1. The van der Waals surface area contributed by atoms with Crippen LogP contribution in [-0.2, 0) is 4.74 Å². The van der Waals surface area contributed by atoms with E-state index in [-0.39, 0.29) is 0 Å². The van der Waals surface area contributed by atoms with E-state index in [1.54, 1.807) is 20.8 Å². The van der Waals surface area contributed by atoms with Gasteiger partial charge in [-0.1, -0.05) is 0 Å². The van der Waals surface area contributed by atoms with Crippen LogP contribution in [0.2, 0.25) is 0 Å². The van der Waals surface area contributed by atoms with Gasteiger partial charge < -0.3 is 9.66 Å². The van der Waals surface area contributed by atoms with Crippen LogP contribution in [0.25, 0.3) is 0 Å². The summed E-state index contributed by atoms with van der Waals surface area (Å²) in [6, 6.07) is 0. The molecule has 0 aromatic rings. The van der Waals surface area contributed by atoms with E-state index < -0.39 is 11.7 Å². The number of hydrogen-bond donors (Lipinski definition) is 1. The molecule has 0 aromatic heterocycles. The van der Waals surface area contributed by atoms with Crippen LogP contribution in [-0.4, -0.2) is 24.6 Å². The monoisotopic (exact) mass is 142 g/mol. The highest BCUT2D eigenvalue weighted by molar-refractivity contribution is 6.12. The average molecular weight is 142 g/mol. The summed E-state index contributed by atoms with van der Waals surface area (Å²) in [5.74, 6) is 4.88. The summed E-state index contributed by atoms with van der Waals surface area (Å²) in [6.45, 7) is 5.19. The minimum absolute atomic E-state index is 0.408. The summed E-state index contributed by atoms with van der Waals surface area (Å²) >= 11 is 0. The van der Waals surface area contributed by atoms with Gasteiger partial charge in [0, 0.05) is 0 Å². The van der Waals surface area contributed by atoms with Gasteiger partial charge in [-0.05, 0) is 20.8 Å². The Labute approximate surface area is 61.7 Å². The summed E-state index contributed by atoms with van der Waals surface area (Å²) in [6.07, 6.45) is -0.743. The molecule has 1 amide bonds. The first-order chi connectivity index (χ1) is 4.33. The molecule has 0 saturated heterocycles. The minimum Gasteiger partial charge on any atom is -0.444 e. The Morgan fingerprint density at radius 2 is 2.00 bits per heavy atom. The van der Waals surface area contributed by atoms with Crippen molar-refractivity contribution in [2.24, 2.45) is 5.84 Å². The van der Waals surface area contributed by atoms with E-state index in [0.717, 1.165) is 0 Å². The highest BCUT2D eigenvalue weighted by atomic mass is 16.6. The molecule has 4 nitrogen and oxygen atoms in total. The van der Waals surface area contributed by atoms with Crippen LogP contribution in [0.5, 0.6) is 0 Å². The van der Waals surface area contributed by atoms with Crippen molar-refractivity contribution in [2.45, 2.75) is 26.4 Å². The van der Waals surface area contributed by atoms with E-state index >= 15 is 0 Å². The second kappa shape index (κ2) is 2.92. The fraction of sp³-hybridized carbons (Fsp3) is 0.800.